The molecule has 0 spiro atoms. The van der Waals surface area contributed by atoms with E-state index in [2.05, 4.69) is 138 Å². The molecule has 0 N–H and O–H groups in total. The van der Waals surface area contributed by atoms with Gasteiger partial charge in [-0.1, -0.05) is 127 Å². The Bertz CT molecular complexity index is 4420. The molecular formula is C59H32N4O3. The molecule has 0 saturated carbocycles. The highest BCUT2D eigenvalue weighted by Crippen LogP contribution is 2.46. The van der Waals surface area contributed by atoms with Gasteiger partial charge in [0.25, 0.3) is 0 Å². The summed E-state index contributed by atoms with van der Waals surface area (Å²) in [5, 5.41) is 12.7. The van der Waals surface area contributed by atoms with Gasteiger partial charge in [0, 0.05) is 54.4 Å². The molecule has 0 saturated heterocycles. The van der Waals surface area contributed by atoms with Crippen molar-refractivity contribution in [3.63, 3.8) is 0 Å². The van der Waals surface area contributed by atoms with E-state index >= 15 is 0 Å². The summed E-state index contributed by atoms with van der Waals surface area (Å²) in [7, 11) is 0. The number of para-hydroxylation sites is 3. The summed E-state index contributed by atoms with van der Waals surface area (Å²) in [4.78, 5) is 16.5. The number of furan rings is 3. The lowest BCUT2D eigenvalue weighted by Gasteiger charge is -2.16. The third-order valence-corrected chi connectivity index (χ3v) is 13.4. The topological polar surface area (TPSA) is 83.0 Å². The van der Waals surface area contributed by atoms with Crippen LogP contribution in [0.5, 0.6) is 0 Å². The zero-order valence-electron chi connectivity index (χ0n) is 35.0. The lowest BCUT2D eigenvalue weighted by molar-refractivity contribution is 0.668. The van der Waals surface area contributed by atoms with Gasteiger partial charge in [-0.15, -0.1) is 0 Å². The van der Waals surface area contributed by atoms with Crippen molar-refractivity contribution < 1.29 is 13.3 Å². The van der Waals surface area contributed by atoms with E-state index in [0.717, 1.165) is 126 Å². The molecule has 0 aliphatic heterocycles. The first-order chi connectivity index (χ1) is 32.7. The zero-order chi connectivity index (χ0) is 43.0. The molecule has 0 radical (unpaired) electrons. The molecule has 0 atom stereocenters. The summed E-state index contributed by atoms with van der Waals surface area (Å²) in [6, 6.07) is 67.4. The maximum Gasteiger partial charge on any atom is 0.166 e. The van der Waals surface area contributed by atoms with E-state index in [1.165, 1.54) is 5.39 Å². The fraction of sp³-hybridized carbons (Fsp3) is 0. The van der Waals surface area contributed by atoms with Gasteiger partial charge >= 0.3 is 0 Å². The van der Waals surface area contributed by atoms with Gasteiger partial charge in [0.2, 0.25) is 0 Å². The van der Waals surface area contributed by atoms with Gasteiger partial charge in [-0.05, 0) is 88.3 Å². The molecule has 0 aliphatic carbocycles. The van der Waals surface area contributed by atoms with Crippen molar-refractivity contribution in [1.29, 1.82) is 0 Å². The summed E-state index contributed by atoms with van der Waals surface area (Å²) < 4.78 is 22.1. The SMILES string of the molecule is c1ccc2cc3c(cc2c1)oc1ccc(-c2nc(-c4cccc5oc6ccccc6c45)nc(-c4cccc5oc6ccccc6c45)n2)c(-n2c4ccccc4c4cc5ccccc5cc42)c13. The molecule has 15 rings (SSSR count). The Hall–Kier alpha value is -9.07. The second kappa shape index (κ2) is 13.2. The zero-order valence-corrected chi connectivity index (χ0v) is 35.0. The van der Waals surface area contributed by atoms with Crippen molar-refractivity contribution in [2.75, 3.05) is 0 Å². The molecule has 7 nitrogen and oxygen atoms in total. The Morgan fingerprint density at radius 2 is 0.758 bits per heavy atom. The highest BCUT2D eigenvalue weighted by atomic mass is 16.3. The molecule has 5 aromatic heterocycles. The van der Waals surface area contributed by atoms with E-state index in [1.54, 1.807) is 0 Å². The second-order valence-corrected chi connectivity index (χ2v) is 17.1. The van der Waals surface area contributed by atoms with Crippen LogP contribution in [0.2, 0.25) is 0 Å². The normalized spacial score (nSPS) is 12.2. The van der Waals surface area contributed by atoms with E-state index in [1.807, 2.05) is 60.7 Å². The lowest BCUT2D eigenvalue weighted by atomic mass is 10.0. The molecule has 7 heteroatoms. The van der Waals surface area contributed by atoms with Crippen LogP contribution < -0.4 is 0 Å². The molecule has 306 valence electrons. The minimum atomic E-state index is 0.517. The maximum absolute atomic E-state index is 6.84. The average molecular weight is 845 g/mol. The van der Waals surface area contributed by atoms with Crippen LogP contribution in [0.1, 0.15) is 0 Å². The fourth-order valence-electron chi connectivity index (χ4n) is 10.5. The van der Waals surface area contributed by atoms with Crippen molar-refractivity contribution in [2.24, 2.45) is 0 Å². The predicted molar refractivity (Wildman–Crippen MR) is 267 cm³/mol. The predicted octanol–water partition coefficient (Wildman–Crippen LogP) is 16.0. The van der Waals surface area contributed by atoms with Crippen LogP contribution in [0.4, 0.5) is 0 Å². The molecular weight excluding hydrogens is 813 g/mol. The number of hydrogen-bond donors (Lipinski definition) is 0. The summed E-state index contributed by atoms with van der Waals surface area (Å²) in [6.07, 6.45) is 0. The van der Waals surface area contributed by atoms with Gasteiger partial charge < -0.3 is 17.8 Å². The van der Waals surface area contributed by atoms with Gasteiger partial charge in [-0.2, -0.15) is 0 Å². The molecule has 0 bridgehead atoms. The van der Waals surface area contributed by atoms with E-state index < -0.39 is 0 Å². The van der Waals surface area contributed by atoms with Crippen molar-refractivity contribution in [2.45, 2.75) is 0 Å². The average Bonchev–Trinajstić information content (AvgIpc) is 4.13. The second-order valence-electron chi connectivity index (χ2n) is 17.1. The smallest absolute Gasteiger partial charge is 0.166 e. The Morgan fingerprint density at radius 1 is 0.288 bits per heavy atom. The first-order valence-electron chi connectivity index (χ1n) is 22.1. The molecule has 5 heterocycles. The van der Waals surface area contributed by atoms with E-state index in [9.17, 15) is 0 Å². The van der Waals surface area contributed by atoms with Gasteiger partial charge in [-0.3, -0.25) is 0 Å². The standard InChI is InChI=1S/C59H32N4O3/c1-3-15-35-31-46-43(29-33(35)13-1)37-17-5-8-22-45(37)63(46)56-42(27-28-51-55(56)44-30-34-14-2-4-16-36(34)32-52(44)66-51)59-61-57(40-20-11-25-49-53(40)38-18-6-9-23-47(38)64-49)60-58(62-59)41-21-12-26-50-54(41)39-19-7-10-24-48(39)65-50/h1-32H. The maximum atomic E-state index is 6.84. The number of fused-ring (bicyclic) bond motifs is 14. The number of benzene rings is 10. The Labute approximate surface area is 374 Å². The highest BCUT2D eigenvalue weighted by Gasteiger charge is 2.26. The van der Waals surface area contributed by atoms with E-state index in [-0.39, 0.29) is 0 Å². The third kappa shape index (κ3) is 4.99. The van der Waals surface area contributed by atoms with Crippen LogP contribution in [-0.4, -0.2) is 19.5 Å². The molecule has 0 unspecified atom stereocenters. The summed E-state index contributed by atoms with van der Waals surface area (Å²) in [5.74, 6) is 1.57. The van der Waals surface area contributed by atoms with Gasteiger partial charge in [0.05, 0.1) is 22.1 Å². The first-order valence-corrected chi connectivity index (χ1v) is 22.1. The van der Waals surface area contributed by atoms with E-state index in [0.29, 0.717) is 17.5 Å². The number of nitrogens with zero attached hydrogens (tertiary/aromatic N) is 4. The molecule has 10 aromatic carbocycles. The van der Waals surface area contributed by atoms with Crippen LogP contribution in [0.3, 0.4) is 0 Å². The summed E-state index contributed by atoms with van der Waals surface area (Å²) in [6.45, 7) is 0. The summed E-state index contributed by atoms with van der Waals surface area (Å²) >= 11 is 0. The van der Waals surface area contributed by atoms with Gasteiger partial charge in [0.1, 0.15) is 33.5 Å². The lowest BCUT2D eigenvalue weighted by Crippen LogP contribution is -2.04. The monoisotopic (exact) mass is 844 g/mol. The fourth-order valence-corrected chi connectivity index (χ4v) is 10.5. The minimum absolute atomic E-state index is 0.517. The highest BCUT2D eigenvalue weighted by molar-refractivity contribution is 6.20. The van der Waals surface area contributed by atoms with Crippen molar-refractivity contribution in [3.8, 4) is 39.9 Å². The van der Waals surface area contributed by atoms with Gasteiger partial charge in [0.15, 0.2) is 17.5 Å². The molecule has 0 amide bonds. The molecule has 15 aromatic rings. The number of rotatable bonds is 4. The molecule has 66 heavy (non-hydrogen) atoms. The Morgan fingerprint density at radius 3 is 1.39 bits per heavy atom. The summed E-state index contributed by atoms with van der Waals surface area (Å²) in [5.41, 5.74) is 10.3. The van der Waals surface area contributed by atoms with Crippen molar-refractivity contribution in [3.05, 3.63) is 194 Å². The van der Waals surface area contributed by atoms with Gasteiger partial charge in [-0.25, -0.2) is 15.0 Å². The van der Waals surface area contributed by atoms with E-state index in [4.69, 9.17) is 28.2 Å². The minimum Gasteiger partial charge on any atom is -0.456 e. The van der Waals surface area contributed by atoms with Crippen molar-refractivity contribution in [1.82, 2.24) is 19.5 Å². The molecule has 0 aliphatic rings. The van der Waals surface area contributed by atoms with Crippen LogP contribution in [0, 0.1) is 0 Å². The van der Waals surface area contributed by atoms with Crippen LogP contribution in [-0.2, 0) is 0 Å². The number of hydrogen-bond acceptors (Lipinski definition) is 6. The van der Waals surface area contributed by atoms with Crippen molar-refractivity contribution >= 4 is 109 Å². The Kier molecular flexibility index (Phi) is 7.10. The molecule has 0 fully saturated rings. The van der Waals surface area contributed by atoms with Crippen LogP contribution >= 0.6 is 0 Å². The van der Waals surface area contributed by atoms with Crippen LogP contribution in [0.25, 0.3) is 149 Å². The largest absolute Gasteiger partial charge is 0.456 e. The Balaban J connectivity index is 1.12. The van der Waals surface area contributed by atoms with Crippen LogP contribution in [0.15, 0.2) is 207 Å². The number of aromatic nitrogens is 4. The first kappa shape index (κ1) is 35.4. The quantitative estimate of drug-likeness (QED) is 0.175. The third-order valence-electron chi connectivity index (χ3n) is 13.4.